The van der Waals surface area contributed by atoms with Gasteiger partial charge in [0, 0.05) is 5.56 Å². The fourth-order valence-corrected chi connectivity index (χ4v) is 5.47. The smallest absolute Gasteiger partial charge is 0.350 e. The van der Waals surface area contributed by atoms with Crippen molar-refractivity contribution < 1.29 is 43.2 Å². The lowest BCUT2D eigenvalue weighted by atomic mass is 9.94. The highest BCUT2D eigenvalue weighted by molar-refractivity contribution is 7.17. The number of aromatic nitrogens is 1. The van der Waals surface area contributed by atoms with Crippen molar-refractivity contribution in [2.24, 2.45) is 0 Å². The molecule has 0 radical (unpaired) electrons. The highest BCUT2D eigenvalue weighted by Crippen LogP contribution is 2.44. The fraction of sp³-hybridized carbons (Fsp3) is 0.207. The van der Waals surface area contributed by atoms with Crippen LogP contribution >= 0.6 is 11.3 Å². The number of aliphatic hydroxyl groups is 1. The summed E-state index contributed by atoms with van der Waals surface area (Å²) >= 11 is 0.877. The third kappa shape index (κ3) is 5.05. The zero-order valence-corrected chi connectivity index (χ0v) is 22.9. The quantitative estimate of drug-likeness (QED) is 0.144. The zero-order valence-electron chi connectivity index (χ0n) is 22.0. The third-order valence-corrected chi connectivity index (χ3v) is 7.55. The molecule has 0 saturated carbocycles. The number of hydrogen-bond donors (Lipinski definition) is 1. The van der Waals surface area contributed by atoms with Gasteiger partial charge in [0.15, 0.2) is 16.6 Å². The van der Waals surface area contributed by atoms with E-state index < -0.39 is 35.4 Å². The molecule has 1 unspecified atom stereocenters. The van der Waals surface area contributed by atoms with Crippen molar-refractivity contribution in [3.05, 3.63) is 88.0 Å². The Morgan fingerprint density at radius 1 is 1.10 bits per heavy atom. The largest absolute Gasteiger partial charge is 0.507 e. The number of Topliss-reactive ketones (excluding diaryl/α,β-unsaturated/α-hetero) is 1. The number of carbonyl (C=O) groups is 4. The first kappa shape index (κ1) is 27.6. The van der Waals surface area contributed by atoms with E-state index in [1.165, 1.54) is 31.4 Å². The predicted molar refractivity (Wildman–Crippen MR) is 147 cm³/mol. The highest BCUT2D eigenvalue weighted by atomic mass is 32.1. The molecule has 3 heterocycles. The molecule has 1 aromatic heterocycles. The lowest BCUT2D eigenvalue weighted by Gasteiger charge is -2.23. The number of aryl methyl sites for hydroxylation is 1. The molecule has 1 amide bonds. The van der Waals surface area contributed by atoms with E-state index in [1.54, 1.807) is 31.2 Å². The Morgan fingerprint density at radius 2 is 1.78 bits per heavy atom. The van der Waals surface area contributed by atoms with Crippen molar-refractivity contribution in [2.45, 2.75) is 13.0 Å². The minimum absolute atomic E-state index is 0.0158. The van der Waals surface area contributed by atoms with Gasteiger partial charge in [-0.05, 0) is 42.8 Å². The van der Waals surface area contributed by atoms with E-state index >= 15 is 0 Å². The average Bonchev–Trinajstić information content (AvgIpc) is 3.50. The molecule has 210 valence electrons. The Hall–Kier alpha value is -4.97. The lowest BCUT2D eigenvalue weighted by Crippen LogP contribution is -2.29. The van der Waals surface area contributed by atoms with Gasteiger partial charge in [0.25, 0.3) is 5.78 Å². The van der Waals surface area contributed by atoms with E-state index in [0.29, 0.717) is 36.0 Å². The van der Waals surface area contributed by atoms with Gasteiger partial charge in [0.1, 0.15) is 30.5 Å². The van der Waals surface area contributed by atoms with Crippen LogP contribution in [0.5, 0.6) is 11.5 Å². The Labute approximate surface area is 238 Å². The van der Waals surface area contributed by atoms with E-state index in [1.807, 2.05) is 0 Å². The summed E-state index contributed by atoms with van der Waals surface area (Å²) < 4.78 is 21.1. The number of nitrogens with zero attached hydrogens (tertiary/aromatic N) is 2. The zero-order chi connectivity index (χ0) is 29.3. The van der Waals surface area contributed by atoms with Crippen LogP contribution < -0.4 is 14.4 Å². The van der Waals surface area contributed by atoms with Crippen LogP contribution in [-0.2, 0) is 19.1 Å². The lowest BCUT2D eigenvalue weighted by molar-refractivity contribution is -0.132. The van der Waals surface area contributed by atoms with Gasteiger partial charge in [0.2, 0.25) is 0 Å². The Balaban J connectivity index is 1.65. The molecule has 3 aromatic rings. The number of amides is 1. The summed E-state index contributed by atoms with van der Waals surface area (Å²) in [5.41, 5.74) is 0.970. The van der Waals surface area contributed by atoms with Crippen molar-refractivity contribution >= 4 is 45.9 Å². The van der Waals surface area contributed by atoms with Crippen LogP contribution in [-0.4, -0.2) is 60.6 Å². The molecular weight excluding hydrogens is 552 g/mol. The molecule has 1 saturated heterocycles. The van der Waals surface area contributed by atoms with Crippen LogP contribution in [0.15, 0.2) is 60.7 Å². The maximum Gasteiger partial charge on any atom is 0.350 e. The predicted octanol–water partition coefficient (Wildman–Crippen LogP) is 3.98. The van der Waals surface area contributed by atoms with Gasteiger partial charge in [-0.15, -0.1) is 0 Å². The normalized spacial score (nSPS) is 17.3. The number of ether oxygens (including phenoxy) is 4. The number of carbonyl (C=O) groups excluding carboxylic acids is 4. The van der Waals surface area contributed by atoms with E-state index in [-0.39, 0.29) is 33.3 Å². The maximum atomic E-state index is 13.5. The molecule has 2 aromatic carbocycles. The molecule has 11 nitrogen and oxygen atoms in total. The third-order valence-electron chi connectivity index (χ3n) is 6.42. The number of benzene rings is 2. The number of fused-ring (bicyclic) bond motifs is 1. The Bertz CT molecular complexity index is 1610. The molecule has 1 N–H and O–H groups in total. The van der Waals surface area contributed by atoms with Gasteiger partial charge in [-0.2, -0.15) is 0 Å². The molecule has 2 aliphatic rings. The van der Waals surface area contributed by atoms with Crippen molar-refractivity contribution in [1.82, 2.24) is 4.98 Å². The van der Waals surface area contributed by atoms with Gasteiger partial charge in [-0.1, -0.05) is 36.1 Å². The molecule has 41 heavy (non-hydrogen) atoms. The SMILES string of the molecule is C=CCOC(=O)c1sc(N2C(=O)C(=O)C(=C(O)c3ccc4c(c3)OCCO4)C2c2ccc(C(=O)OC)cc2)nc1C. The summed E-state index contributed by atoms with van der Waals surface area (Å²) in [6.07, 6.45) is 1.42. The standard InChI is InChI=1S/C29H24N2O9S/c1-4-11-40-28(36)25-15(2)30-29(41-25)31-22(16-5-7-17(8-6-16)27(35)37-3)21(24(33)26(31)34)23(32)18-9-10-19-20(14-18)39-13-12-38-19/h4-10,14,22,32H,1,11-13H2,2-3H3. The minimum atomic E-state index is -1.14. The second kappa shape index (κ2) is 11.3. The number of anilines is 1. The molecular formula is C29H24N2O9S. The first-order valence-electron chi connectivity index (χ1n) is 12.4. The minimum Gasteiger partial charge on any atom is -0.507 e. The van der Waals surface area contributed by atoms with E-state index in [4.69, 9.17) is 18.9 Å². The highest BCUT2D eigenvalue weighted by Gasteiger charge is 2.48. The van der Waals surface area contributed by atoms with Gasteiger partial charge >= 0.3 is 17.8 Å². The number of esters is 2. The van der Waals surface area contributed by atoms with Gasteiger partial charge in [-0.3, -0.25) is 14.5 Å². The van der Waals surface area contributed by atoms with E-state index in [0.717, 1.165) is 16.2 Å². The van der Waals surface area contributed by atoms with Gasteiger partial charge < -0.3 is 24.1 Å². The van der Waals surface area contributed by atoms with Gasteiger partial charge in [-0.25, -0.2) is 14.6 Å². The number of rotatable bonds is 7. The first-order chi connectivity index (χ1) is 19.7. The monoisotopic (exact) mass is 576 g/mol. The molecule has 0 bridgehead atoms. The molecule has 0 aliphatic carbocycles. The second-order valence-electron chi connectivity index (χ2n) is 8.94. The molecule has 1 fully saturated rings. The number of ketones is 1. The van der Waals surface area contributed by atoms with Gasteiger partial charge in [0.05, 0.1) is 30.0 Å². The number of aliphatic hydroxyl groups excluding tert-OH is 1. The van der Waals surface area contributed by atoms with Crippen molar-refractivity contribution in [3.8, 4) is 11.5 Å². The van der Waals surface area contributed by atoms with E-state index in [2.05, 4.69) is 11.6 Å². The summed E-state index contributed by atoms with van der Waals surface area (Å²) in [6, 6.07) is 9.60. The molecule has 2 aliphatic heterocycles. The van der Waals surface area contributed by atoms with Crippen LogP contribution in [0.25, 0.3) is 5.76 Å². The second-order valence-corrected chi connectivity index (χ2v) is 9.92. The Kier molecular flexibility index (Phi) is 7.58. The Morgan fingerprint density at radius 3 is 2.46 bits per heavy atom. The summed E-state index contributed by atoms with van der Waals surface area (Å²) in [5.74, 6) is -2.71. The van der Waals surface area contributed by atoms with Crippen LogP contribution in [0.1, 0.15) is 42.9 Å². The first-order valence-corrected chi connectivity index (χ1v) is 13.2. The number of thiazole rings is 1. The average molecular weight is 577 g/mol. The van der Waals surface area contributed by atoms with Crippen molar-refractivity contribution in [1.29, 1.82) is 0 Å². The van der Waals surface area contributed by atoms with Crippen molar-refractivity contribution in [2.75, 3.05) is 31.8 Å². The van der Waals surface area contributed by atoms with Crippen LogP contribution in [0.2, 0.25) is 0 Å². The summed E-state index contributed by atoms with van der Waals surface area (Å²) in [6.45, 7) is 5.78. The molecule has 1 atom stereocenters. The van der Waals surface area contributed by atoms with Crippen molar-refractivity contribution in [3.63, 3.8) is 0 Å². The van der Waals surface area contributed by atoms with Crippen LogP contribution in [0.4, 0.5) is 5.13 Å². The van der Waals surface area contributed by atoms with Crippen LogP contribution in [0.3, 0.4) is 0 Å². The summed E-state index contributed by atoms with van der Waals surface area (Å²) in [7, 11) is 1.25. The topological polar surface area (TPSA) is 142 Å². The molecule has 5 rings (SSSR count). The summed E-state index contributed by atoms with van der Waals surface area (Å²) in [4.78, 5) is 57.3. The summed E-state index contributed by atoms with van der Waals surface area (Å²) in [5, 5.41) is 11.5. The fourth-order valence-electron chi connectivity index (χ4n) is 4.49. The number of hydrogen-bond acceptors (Lipinski definition) is 11. The van der Waals surface area contributed by atoms with E-state index in [9.17, 15) is 24.3 Å². The molecule has 0 spiro atoms. The van der Waals surface area contributed by atoms with Crippen LogP contribution in [0, 0.1) is 6.92 Å². The molecule has 12 heteroatoms. The maximum absolute atomic E-state index is 13.5. The number of methoxy groups -OCH3 is 1.